The molecule has 1 saturated heterocycles. The number of carbonyl (C=O) groups excluding carboxylic acids is 2. The molecule has 170 valence electrons. The first kappa shape index (κ1) is 23.1. The predicted octanol–water partition coefficient (Wildman–Crippen LogP) is 5.52. The maximum Gasteiger partial charge on any atom is 0.251 e. The highest BCUT2D eigenvalue weighted by molar-refractivity contribution is 8.00. The highest BCUT2D eigenvalue weighted by Gasteiger charge is 2.32. The number of nitrogens with one attached hydrogen (secondary N) is 1. The highest BCUT2D eigenvalue weighted by Crippen LogP contribution is 2.39. The molecule has 0 radical (unpaired) electrons. The van der Waals surface area contributed by atoms with Gasteiger partial charge >= 0.3 is 0 Å². The van der Waals surface area contributed by atoms with Crippen LogP contribution in [0.4, 0.5) is 0 Å². The Balaban J connectivity index is 1.42. The summed E-state index contributed by atoms with van der Waals surface area (Å²) in [5.41, 5.74) is 6.52. The van der Waals surface area contributed by atoms with E-state index >= 15 is 0 Å². The van der Waals surface area contributed by atoms with Crippen molar-refractivity contribution in [1.29, 1.82) is 0 Å². The molecule has 2 amide bonds. The molecule has 1 aliphatic rings. The second kappa shape index (κ2) is 10.7. The summed E-state index contributed by atoms with van der Waals surface area (Å²) in [5.74, 6) is 0.551. The molecule has 0 saturated carbocycles. The first-order valence-electron chi connectivity index (χ1n) is 11.5. The molecule has 1 unspecified atom stereocenters. The van der Waals surface area contributed by atoms with E-state index in [-0.39, 0.29) is 17.2 Å². The van der Waals surface area contributed by atoms with Crippen LogP contribution in [0.15, 0.2) is 72.8 Å². The van der Waals surface area contributed by atoms with Crippen LogP contribution in [0.2, 0.25) is 0 Å². The average molecular weight is 459 g/mol. The number of benzene rings is 3. The van der Waals surface area contributed by atoms with Crippen molar-refractivity contribution in [3.05, 3.63) is 106 Å². The van der Waals surface area contributed by atoms with Gasteiger partial charge in [-0.2, -0.15) is 0 Å². The summed E-state index contributed by atoms with van der Waals surface area (Å²) < 4.78 is 0. The fraction of sp³-hybridized carbons (Fsp3) is 0.286. The van der Waals surface area contributed by atoms with Crippen molar-refractivity contribution < 1.29 is 9.59 Å². The van der Waals surface area contributed by atoms with Crippen LogP contribution in [-0.2, 0) is 30.7 Å². The van der Waals surface area contributed by atoms with Crippen LogP contribution >= 0.6 is 11.8 Å². The maximum atomic E-state index is 12.8. The van der Waals surface area contributed by atoms with Crippen LogP contribution in [0.25, 0.3) is 0 Å². The number of aryl methyl sites for hydroxylation is 2. The summed E-state index contributed by atoms with van der Waals surface area (Å²) in [7, 11) is 0. The molecule has 0 aliphatic carbocycles. The Bertz CT molecular complexity index is 1110. The summed E-state index contributed by atoms with van der Waals surface area (Å²) in [6.07, 6.45) is 1.93. The molecule has 1 aliphatic heterocycles. The van der Waals surface area contributed by atoms with E-state index < -0.39 is 0 Å². The van der Waals surface area contributed by atoms with Gasteiger partial charge in [0.2, 0.25) is 5.91 Å². The van der Waals surface area contributed by atoms with E-state index in [1.165, 1.54) is 16.7 Å². The van der Waals surface area contributed by atoms with Crippen LogP contribution in [0.5, 0.6) is 0 Å². The minimum Gasteiger partial charge on any atom is -0.348 e. The predicted molar refractivity (Wildman–Crippen MR) is 135 cm³/mol. The lowest BCUT2D eigenvalue weighted by Gasteiger charge is -2.24. The largest absolute Gasteiger partial charge is 0.348 e. The molecule has 5 heteroatoms. The second-order valence-electron chi connectivity index (χ2n) is 8.29. The van der Waals surface area contributed by atoms with E-state index in [1.54, 1.807) is 11.8 Å². The minimum atomic E-state index is -0.0817. The molecule has 1 N–H and O–H groups in total. The Morgan fingerprint density at radius 2 is 1.70 bits per heavy atom. The van der Waals surface area contributed by atoms with Crippen LogP contribution in [0.3, 0.4) is 0 Å². The lowest BCUT2D eigenvalue weighted by Crippen LogP contribution is -2.27. The first-order valence-corrected chi connectivity index (χ1v) is 12.6. The molecule has 1 heterocycles. The van der Waals surface area contributed by atoms with Gasteiger partial charge in [-0.05, 0) is 52.8 Å². The average Bonchev–Trinajstić information content (AvgIpc) is 3.22. The molecular formula is C28H30N2O2S. The number of rotatable bonds is 8. The third-order valence-electron chi connectivity index (χ3n) is 6.12. The SMILES string of the molecule is CCc1ccc(CC)c(CNC(=O)c2ccc(C3SCC(=O)N3Cc3ccccc3)cc2)c1. The van der Waals surface area contributed by atoms with Gasteiger partial charge in [0.1, 0.15) is 5.37 Å². The smallest absolute Gasteiger partial charge is 0.251 e. The van der Waals surface area contributed by atoms with Crippen molar-refractivity contribution in [2.24, 2.45) is 0 Å². The summed E-state index contributed by atoms with van der Waals surface area (Å²) >= 11 is 1.64. The van der Waals surface area contributed by atoms with E-state index in [1.807, 2.05) is 59.5 Å². The Kier molecular flexibility index (Phi) is 7.50. The fourth-order valence-electron chi connectivity index (χ4n) is 4.17. The normalized spacial score (nSPS) is 15.6. The number of nitrogens with zero attached hydrogens (tertiary/aromatic N) is 1. The first-order chi connectivity index (χ1) is 16.1. The number of carbonyl (C=O) groups is 2. The van der Waals surface area contributed by atoms with Gasteiger partial charge in [-0.1, -0.05) is 74.5 Å². The lowest BCUT2D eigenvalue weighted by molar-refractivity contribution is -0.128. The van der Waals surface area contributed by atoms with E-state index in [4.69, 9.17) is 0 Å². The van der Waals surface area contributed by atoms with Gasteiger partial charge in [-0.15, -0.1) is 11.8 Å². The van der Waals surface area contributed by atoms with E-state index in [9.17, 15) is 9.59 Å². The highest BCUT2D eigenvalue weighted by atomic mass is 32.2. The van der Waals surface area contributed by atoms with Crippen molar-refractivity contribution >= 4 is 23.6 Å². The molecule has 3 aromatic carbocycles. The summed E-state index contributed by atoms with van der Waals surface area (Å²) in [6, 6.07) is 24.2. The maximum absolute atomic E-state index is 12.8. The van der Waals surface area contributed by atoms with Crippen LogP contribution in [-0.4, -0.2) is 22.5 Å². The van der Waals surface area contributed by atoms with Crippen molar-refractivity contribution in [3.8, 4) is 0 Å². The van der Waals surface area contributed by atoms with E-state index in [0.29, 0.717) is 24.4 Å². The molecule has 3 aromatic rings. The number of thioether (sulfide) groups is 1. The molecule has 1 fully saturated rings. The summed E-state index contributed by atoms with van der Waals surface area (Å²) in [4.78, 5) is 27.2. The molecule has 0 bridgehead atoms. The van der Waals surface area contributed by atoms with Crippen LogP contribution in [0, 0.1) is 0 Å². The zero-order valence-corrected chi connectivity index (χ0v) is 20.0. The Morgan fingerprint density at radius 1 is 0.939 bits per heavy atom. The summed E-state index contributed by atoms with van der Waals surface area (Å²) in [6.45, 7) is 5.39. The molecule has 4 rings (SSSR count). The van der Waals surface area contributed by atoms with Gasteiger partial charge in [0, 0.05) is 18.7 Å². The third kappa shape index (κ3) is 5.48. The van der Waals surface area contributed by atoms with E-state index in [0.717, 1.165) is 24.0 Å². The Labute approximate surface area is 200 Å². The topological polar surface area (TPSA) is 49.4 Å². The van der Waals surface area contributed by atoms with Crippen molar-refractivity contribution in [2.75, 3.05) is 5.75 Å². The number of amides is 2. The van der Waals surface area contributed by atoms with Gasteiger partial charge in [-0.3, -0.25) is 9.59 Å². The molecule has 33 heavy (non-hydrogen) atoms. The van der Waals surface area contributed by atoms with Crippen molar-refractivity contribution in [2.45, 2.75) is 45.2 Å². The monoisotopic (exact) mass is 458 g/mol. The quantitative estimate of drug-likeness (QED) is 0.484. The van der Waals surface area contributed by atoms with Gasteiger partial charge < -0.3 is 10.2 Å². The van der Waals surface area contributed by atoms with E-state index in [2.05, 4.69) is 37.4 Å². The Morgan fingerprint density at radius 3 is 2.39 bits per heavy atom. The van der Waals surface area contributed by atoms with Crippen LogP contribution < -0.4 is 5.32 Å². The zero-order chi connectivity index (χ0) is 23.2. The molecule has 0 spiro atoms. The number of hydrogen-bond acceptors (Lipinski definition) is 3. The standard InChI is InChI=1S/C28H30N2O2S/c1-3-20-10-11-22(4-2)25(16-20)17-29-27(32)23-12-14-24(15-13-23)28-30(26(31)19-33-28)18-21-8-6-5-7-9-21/h5-16,28H,3-4,17-19H2,1-2H3,(H,29,32). The molecule has 4 nitrogen and oxygen atoms in total. The molecule has 0 aromatic heterocycles. The van der Waals surface area contributed by atoms with Crippen molar-refractivity contribution in [1.82, 2.24) is 10.2 Å². The fourth-order valence-corrected chi connectivity index (χ4v) is 5.35. The second-order valence-corrected chi connectivity index (χ2v) is 9.35. The summed E-state index contributed by atoms with van der Waals surface area (Å²) in [5, 5.41) is 3.04. The molecular weight excluding hydrogens is 428 g/mol. The molecule has 1 atom stereocenters. The van der Waals surface area contributed by atoms with Gasteiger partial charge in [-0.25, -0.2) is 0 Å². The zero-order valence-electron chi connectivity index (χ0n) is 19.2. The van der Waals surface area contributed by atoms with Gasteiger partial charge in [0.05, 0.1) is 5.75 Å². The number of hydrogen-bond donors (Lipinski definition) is 1. The lowest BCUT2D eigenvalue weighted by atomic mass is 10.0. The van der Waals surface area contributed by atoms with Crippen molar-refractivity contribution in [3.63, 3.8) is 0 Å². The third-order valence-corrected chi connectivity index (χ3v) is 7.38. The van der Waals surface area contributed by atoms with Gasteiger partial charge in [0.15, 0.2) is 0 Å². The van der Waals surface area contributed by atoms with Gasteiger partial charge in [0.25, 0.3) is 5.91 Å². The van der Waals surface area contributed by atoms with Crippen LogP contribution in [0.1, 0.15) is 57.4 Å². The minimum absolute atomic E-state index is 0.0290. The Hall–Kier alpha value is -3.05.